The molecular formula is C15H13N3O2. The molecule has 1 amide bonds. The Morgan fingerprint density at radius 1 is 1.15 bits per heavy atom. The van der Waals surface area contributed by atoms with E-state index in [1.165, 1.54) is 0 Å². The number of hydrogen-bond acceptors (Lipinski definition) is 4. The first-order valence-corrected chi connectivity index (χ1v) is 6.61. The SMILES string of the molecule is O=C1NC2NCC=CC2/C1=C1/Nc2ccccc2C1=O. The molecule has 2 unspecified atom stereocenters. The number of ketones is 1. The average Bonchev–Trinajstić information content (AvgIpc) is 2.96. The fourth-order valence-electron chi connectivity index (χ4n) is 3.01. The Bertz CT molecular complexity index is 690. The molecule has 0 radical (unpaired) electrons. The lowest BCUT2D eigenvalue weighted by atomic mass is 9.94. The van der Waals surface area contributed by atoms with E-state index in [1.54, 1.807) is 6.07 Å². The van der Waals surface area contributed by atoms with E-state index in [0.717, 1.165) is 12.2 Å². The summed E-state index contributed by atoms with van der Waals surface area (Å²) in [4.78, 5) is 24.6. The van der Waals surface area contributed by atoms with Crippen LogP contribution in [-0.4, -0.2) is 24.4 Å². The highest BCUT2D eigenvalue weighted by Crippen LogP contribution is 2.35. The summed E-state index contributed by atoms with van der Waals surface area (Å²) in [5.41, 5.74) is 2.33. The molecule has 0 aromatic heterocycles. The minimum Gasteiger partial charge on any atom is -0.351 e. The zero-order chi connectivity index (χ0) is 13.7. The van der Waals surface area contributed by atoms with E-state index in [1.807, 2.05) is 30.4 Å². The predicted molar refractivity (Wildman–Crippen MR) is 74.0 cm³/mol. The Kier molecular flexibility index (Phi) is 2.31. The highest BCUT2D eigenvalue weighted by molar-refractivity contribution is 6.22. The molecule has 0 saturated carbocycles. The second-order valence-corrected chi connectivity index (χ2v) is 5.10. The topological polar surface area (TPSA) is 70.2 Å². The normalized spacial score (nSPS) is 30.8. The zero-order valence-electron chi connectivity index (χ0n) is 10.6. The summed E-state index contributed by atoms with van der Waals surface area (Å²) >= 11 is 0. The Hall–Kier alpha value is -2.40. The lowest BCUT2D eigenvalue weighted by Gasteiger charge is -2.21. The molecule has 3 heterocycles. The Morgan fingerprint density at radius 2 is 2.00 bits per heavy atom. The predicted octanol–water partition coefficient (Wildman–Crippen LogP) is 0.780. The molecule has 0 bridgehead atoms. The second-order valence-electron chi connectivity index (χ2n) is 5.10. The van der Waals surface area contributed by atoms with Gasteiger partial charge in [-0.2, -0.15) is 0 Å². The first-order chi connectivity index (χ1) is 9.75. The molecule has 4 rings (SSSR count). The third-order valence-electron chi connectivity index (χ3n) is 3.95. The fourth-order valence-corrected chi connectivity index (χ4v) is 3.01. The number of carbonyl (C=O) groups excluding carboxylic acids is 2. The van der Waals surface area contributed by atoms with Crippen LogP contribution in [0.4, 0.5) is 5.69 Å². The van der Waals surface area contributed by atoms with Gasteiger partial charge in [-0.3, -0.25) is 14.9 Å². The van der Waals surface area contributed by atoms with Crippen LogP contribution in [0.2, 0.25) is 0 Å². The van der Waals surface area contributed by atoms with Gasteiger partial charge in [0, 0.05) is 23.7 Å². The minimum atomic E-state index is -0.178. The van der Waals surface area contributed by atoms with Gasteiger partial charge in [0.15, 0.2) is 0 Å². The number of amides is 1. The number of para-hydroxylation sites is 1. The van der Waals surface area contributed by atoms with Crippen molar-refractivity contribution < 1.29 is 9.59 Å². The molecule has 1 aromatic rings. The number of rotatable bonds is 0. The number of fused-ring (bicyclic) bond motifs is 2. The summed E-state index contributed by atoms with van der Waals surface area (Å²) in [7, 11) is 0. The van der Waals surface area contributed by atoms with Gasteiger partial charge in [0.05, 0.1) is 17.4 Å². The quantitative estimate of drug-likeness (QED) is 0.480. The molecule has 5 heteroatoms. The van der Waals surface area contributed by atoms with Crippen LogP contribution in [0.15, 0.2) is 47.7 Å². The van der Waals surface area contributed by atoms with Gasteiger partial charge in [-0.15, -0.1) is 0 Å². The van der Waals surface area contributed by atoms with Gasteiger partial charge < -0.3 is 10.6 Å². The van der Waals surface area contributed by atoms with Crippen molar-refractivity contribution in [3.8, 4) is 0 Å². The summed E-state index contributed by atoms with van der Waals surface area (Å²) in [5, 5.41) is 9.18. The molecule has 0 spiro atoms. The van der Waals surface area contributed by atoms with E-state index >= 15 is 0 Å². The van der Waals surface area contributed by atoms with Gasteiger partial charge >= 0.3 is 0 Å². The van der Waals surface area contributed by atoms with E-state index in [0.29, 0.717) is 16.8 Å². The summed E-state index contributed by atoms with van der Waals surface area (Å²) in [5.74, 6) is -0.384. The Morgan fingerprint density at radius 3 is 2.85 bits per heavy atom. The maximum atomic E-state index is 12.5. The van der Waals surface area contributed by atoms with Crippen LogP contribution in [0.1, 0.15) is 10.4 Å². The van der Waals surface area contributed by atoms with Gasteiger partial charge in [-0.25, -0.2) is 0 Å². The van der Waals surface area contributed by atoms with Gasteiger partial charge in [-0.1, -0.05) is 24.3 Å². The van der Waals surface area contributed by atoms with E-state index in [9.17, 15) is 9.59 Å². The third kappa shape index (κ3) is 1.47. The van der Waals surface area contributed by atoms with Crippen molar-refractivity contribution in [1.29, 1.82) is 0 Å². The largest absolute Gasteiger partial charge is 0.351 e. The van der Waals surface area contributed by atoms with E-state index in [4.69, 9.17) is 0 Å². The molecule has 2 atom stereocenters. The average molecular weight is 267 g/mol. The van der Waals surface area contributed by atoms with Gasteiger partial charge in [0.2, 0.25) is 5.78 Å². The number of benzene rings is 1. The molecule has 5 nitrogen and oxygen atoms in total. The maximum absolute atomic E-state index is 12.5. The first kappa shape index (κ1) is 11.4. The highest BCUT2D eigenvalue weighted by Gasteiger charge is 2.42. The summed E-state index contributed by atoms with van der Waals surface area (Å²) < 4.78 is 0. The Labute approximate surface area is 115 Å². The molecule has 3 aliphatic rings. The lowest BCUT2D eigenvalue weighted by Crippen LogP contribution is -2.44. The molecule has 3 N–H and O–H groups in total. The van der Waals surface area contributed by atoms with Crippen LogP contribution in [0.5, 0.6) is 0 Å². The molecule has 1 saturated heterocycles. The van der Waals surface area contributed by atoms with Crippen molar-refractivity contribution in [2.45, 2.75) is 6.17 Å². The third-order valence-corrected chi connectivity index (χ3v) is 3.95. The van der Waals surface area contributed by atoms with Crippen molar-refractivity contribution >= 4 is 17.4 Å². The van der Waals surface area contributed by atoms with Crippen LogP contribution < -0.4 is 16.0 Å². The monoisotopic (exact) mass is 267 g/mol. The first-order valence-electron chi connectivity index (χ1n) is 6.61. The van der Waals surface area contributed by atoms with Gasteiger partial charge in [0.1, 0.15) is 0 Å². The van der Waals surface area contributed by atoms with Crippen molar-refractivity contribution in [3.63, 3.8) is 0 Å². The molecule has 1 fully saturated rings. The molecule has 1 aromatic carbocycles. The van der Waals surface area contributed by atoms with Gasteiger partial charge in [0.25, 0.3) is 5.91 Å². The van der Waals surface area contributed by atoms with Crippen LogP contribution >= 0.6 is 0 Å². The standard InChI is InChI=1S/C15H13N3O2/c19-13-8-4-1-2-6-10(8)17-12(13)11-9-5-3-7-16-14(9)18-15(11)20/h1-6,9,14,16-17H,7H2,(H,18,20)/b12-11-. The van der Waals surface area contributed by atoms with E-state index in [2.05, 4.69) is 16.0 Å². The highest BCUT2D eigenvalue weighted by atomic mass is 16.2. The van der Waals surface area contributed by atoms with Crippen LogP contribution in [0.25, 0.3) is 0 Å². The zero-order valence-corrected chi connectivity index (χ0v) is 10.6. The number of hydrogen-bond donors (Lipinski definition) is 3. The smallest absolute Gasteiger partial charge is 0.251 e. The van der Waals surface area contributed by atoms with Crippen molar-refractivity contribution in [3.05, 3.63) is 53.3 Å². The maximum Gasteiger partial charge on any atom is 0.251 e. The van der Waals surface area contributed by atoms with Crippen LogP contribution in [0.3, 0.4) is 0 Å². The molecule has 3 aliphatic heterocycles. The second kappa shape index (κ2) is 4.05. The lowest BCUT2D eigenvalue weighted by molar-refractivity contribution is -0.116. The summed E-state index contributed by atoms with van der Waals surface area (Å²) in [6, 6.07) is 7.32. The number of nitrogens with one attached hydrogen (secondary N) is 3. The molecule has 100 valence electrons. The summed E-state index contributed by atoms with van der Waals surface area (Å²) in [6.07, 6.45) is 3.85. The number of Topliss-reactive ketones (excluding diaryl/α,β-unsaturated/α-hetero) is 1. The van der Waals surface area contributed by atoms with E-state index in [-0.39, 0.29) is 23.8 Å². The van der Waals surface area contributed by atoms with Gasteiger partial charge in [-0.05, 0) is 12.1 Å². The van der Waals surface area contributed by atoms with Crippen LogP contribution in [0, 0.1) is 5.92 Å². The minimum absolute atomic E-state index is 0.1000. The number of anilines is 1. The molecule has 20 heavy (non-hydrogen) atoms. The molecule has 0 aliphatic carbocycles. The van der Waals surface area contributed by atoms with Crippen molar-refractivity contribution in [1.82, 2.24) is 10.6 Å². The van der Waals surface area contributed by atoms with Crippen molar-refractivity contribution in [2.75, 3.05) is 11.9 Å². The van der Waals surface area contributed by atoms with Crippen LogP contribution in [-0.2, 0) is 4.79 Å². The van der Waals surface area contributed by atoms with Crippen molar-refractivity contribution in [2.24, 2.45) is 5.92 Å². The fraction of sp³-hybridized carbons (Fsp3) is 0.200. The Balaban J connectivity index is 1.84. The number of carbonyl (C=O) groups is 2. The summed E-state index contributed by atoms with van der Waals surface area (Å²) in [6.45, 7) is 0.728. The van der Waals surface area contributed by atoms with E-state index < -0.39 is 0 Å². The number of allylic oxidation sites excluding steroid dienone is 1. The molecular weight excluding hydrogens is 254 g/mol.